The van der Waals surface area contributed by atoms with Gasteiger partial charge >= 0.3 is 6.09 Å². The molecule has 0 aromatic heterocycles. The zero-order valence-corrected chi connectivity index (χ0v) is 12.8. The van der Waals surface area contributed by atoms with Crippen molar-refractivity contribution in [1.29, 1.82) is 0 Å². The highest BCUT2D eigenvalue weighted by Gasteiger charge is 1.94. The molecular formula is C13H27NO8. The van der Waals surface area contributed by atoms with Crippen molar-refractivity contribution in [3.05, 3.63) is 0 Å². The summed E-state index contributed by atoms with van der Waals surface area (Å²) >= 11 is 0. The third-order valence-corrected chi connectivity index (χ3v) is 2.25. The predicted octanol–water partition coefficient (Wildman–Crippen LogP) is -0.671. The van der Waals surface area contributed by atoms with Crippen molar-refractivity contribution < 1.29 is 38.7 Å². The van der Waals surface area contributed by atoms with Crippen LogP contribution in [0.1, 0.15) is 0 Å². The summed E-state index contributed by atoms with van der Waals surface area (Å²) in [4.78, 5) is 10.1. The summed E-state index contributed by atoms with van der Waals surface area (Å²) in [6.07, 6.45) is -1.06. The zero-order chi connectivity index (χ0) is 16.3. The quantitative estimate of drug-likeness (QED) is 0.302. The Morgan fingerprint density at radius 1 is 0.682 bits per heavy atom. The van der Waals surface area contributed by atoms with E-state index in [9.17, 15) is 4.79 Å². The van der Waals surface area contributed by atoms with E-state index in [1.54, 1.807) is 0 Å². The minimum absolute atomic E-state index is 0.0212. The van der Waals surface area contributed by atoms with Crippen molar-refractivity contribution in [3.63, 3.8) is 0 Å². The van der Waals surface area contributed by atoms with Gasteiger partial charge in [0.2, 0.25) is 0 Å². The highest BCUT2D eigenvalue weighted by Crippen LogP contribution is 1.83. The smallest absolute Gasteiger partial charge is 0.404 e. The number of carbonyl (C=O) groups is 1. The number of ether oxygens (including phenoxy) is 5. The van der Waals surface area contributed by atoms with Crippen molar-refractivity contribution >= 4 is 6.09 Å². The second-order valence-electron chi connectivity index (χ2n) is 4.02. The van der Waals surface area contributed by atoms with Crippen LogP contribution in [0.5, 0.6) is 0 Å². The van der Waals surface area contributed by atoms with Gasteiger partial charge in [-0.1, -0.05) is 0 Å². The summed E-state index contributed by atoms with van der Waals surface area (Å²) in [5.41, 5.74) is 0. The monoisotopic (exact) mass is 325 g/mol. The summed E-state index contributed by atoms with van der Waals surface area (Å²) in [6.45, 7) is 4.66. The molecule has 0 unspecified atom stereocenters. The molecule has 0 fully saturated rings. The second-order valence-corrected chi connectivity index (χ2v) is 4.02. The molecule has 9 heteroatoms. The lowest BCUT2D eigenvalue weighted by molar-refractivity contribution is -0.0130. The van der Waals surface area contributed by atoms with E-state index < -0.39 is 6.09 Å². The summed E-state index contributed by atoms with van der Waals surface area (Å²) in [6, 6.07) is 0. The van der Waals surface area contributed by atoms with Crippen LogP contribution < -0.4 is 5.32 Å². The molecule has 0 aromatic carbocycles. The molecule has 0 aliphatic heterocycles. The van der Waals surface area contributed by atoms with E-state index in [0.717, 1.165) is 0 Å². The summed E-state index contributed by atoms with van der Waals surface area (Å²) in [5.74, 6) is 0. The molecule has 22 heavy (non-hydrogen) atoms. The first-order chi connectivity index (χ1) is 10.8. The van der Waals surface area contributed by atoms with Crippen molar-refractivity contribution in [3.8, 4) is 0 Å². The van der Waals surface area contributed by atoms with Crippen LogP contribution in [0.2, 0.25) is 0 Å². The SMILES string of the molecule is O=C(O)NCCOCCOCCOCCOCCOCCO. The van der Waals surface area contributed by atoms with Crippen molar-refractivity contribution in [2.45, 2.75) is 0 Å². The molecule has 0 aromatic rings. The molecule has 0 bridgehead atoms. The van der Waals surface area contributed by atoms with Gasteiger partial charge in [-0.05, 0) is 0 Å². The van der Waals surface area contributed by atoms with Crippen LogP contribution in [0.4, 0.5) is 4.79 Å². The Labute approximate surface area is 130 Å². The van der Waals surface area contributed by atoms with Gasteiger partial charge in [-0.3, -0.25) is 0 Å². The third-order valence-electron chi connectivity index (χ3n) is 2.25. The first-order valence-electron chi connectivity index (χ1n) is 7.23. The maximum absolute atomic E-state index is 10.1. The third kappa shape index (κ3) is 19.0. The van der Waals surface area contributed by atoms with Gasteiger partial charge in [0.1, 0.15) is 0 Å². The molecule has 0 saturated carbocycles. The summed E-state index contributed by atoms with van der Waals surface area (Å²) in [5, 5.41) is 19.0. The van der Waals surface area contributed by atoms with Gasteiger partial charge in [-0.2, -0.15) is 0 Å². The molecule has 3 N–H and O–H groups in total. The van der Waals surface area contributed by atoms with Gasteiger partial charge in [0.05, 0.1) is 72.7 Å². The number of carboxylic acid groups (broad SMARTS) is 1. The lowest BCUT2D eigenvalue weighted by atomic mass is 10.6. The zero-order valence-electron chi connectivity index (χ0n) is 12.8. The number of nitrogens with one attached hydrogen (secondary N) is 1. The highest BCUT2D eigenvalue weighted by atomic mass is 16.6. The fraction of sp³-hybridized carbons (Fsp3) is 0.923. The molecule has 1 amide bonds. The largest absolute Gasteiger partial charge is 0.465 e. The minimum Gasteiger partial charge on any atom is -0.465 e. The van der Waals surface area contributed by atoms with Crippen LogP contribution in [0.3, 0.4) is 0 Å². The lowest BCUT2D eigenvalue weighted by Gasteiger charge is -2.07. The van der Waals surface area contributed by atoms with Crippen LogP contribution in [-0.2, 0) is 23.7 Å². The molecule has 0 aliphatic carbocycles. The van der Waals surface area contributed by atoms with Crippen molar-refractivity contribution in [2.24, 2.45) is 0 Å². The van der Waals surface area contributed by atoms with Crippen LogP contribution in [0, 0.1) is 0 Å². The van der Waals surface area contributed by atoms with E-state index in [-0.39, 0.29) is 13.2 Å². The van der Waals surface area contributed by atoms with Gasteiger partial charge in [0.25, 0.3) is 0 Å². The average Bonchev–Trinajstić information content (AvgIpc) is 2.50. The van der Waals surface area contributed by atoms with Crippen molar-refractivity contribution in [1.82, 2.24) is 5.32 Å². The van der Waals surface area contributed by atoms with Crippen LogP contribution in [0.15, 0.2) is 0 Å². The number of hydrogen-bond acceptors (Lipinski definition) is 7. The molecule has 0 heterocycles. The number of aliphatic hydroxyl groups is 1. The highest BCUT2D eigenvalue weighted by molar-refractivity contribution is 5.64. The Hall–Kier alpha value is -0.970. The van der Waals surface area contributed by atoms with Gasteiger partial charge in [0.15, 0.2) is 0 Å². The average molecular weight is 325 g/mol. The van der Waals surface area contributed by atoms with E-state index in [1.165, 1.54) is 0 Å². The standard InChI is InChI=1S/C13H27NO8/c15-2-4-19-6-8-21-10-12-22-11-9-20-7-5-18-3-1-14-13(16)17/h14-15H,1-12H2,(H,16,17). The Bertz CT molecular complexity index is 242. The molecule has 9 nitrogen and oxygen atoms in total. The topological polar surface area (TPSA) is 116 Å². The first kappa shape index (κ1) is 21.0. The molecule has 0 radical (unpaired) electrons. The van der Waals surface area contributed by atoms with E-state index in [4.69, 9.17) is 33.9 Å². The number of aliphatic hydroxyl groups excluding tert-OH is 1. The number of amides is 1. The van der Waals surface area contributed by atoms with E-state index in [1.807, 2.05) is 0 Å². The Balaban J connectivity index is 2.95. The van der Waals surface area contributed by atoms with Crippen molar-refractivity contribution in [2.75, 3.05) is 79.2 Å². The fourth-order valence-corrected chi connectivity index (χ4v) is 1.28. The predicted molar refractivity (Wildman–Crippen MR) is 77.2 cm³/mol. The van der Waals surface area contributed by atoms with Crippen LogP contribution in [0.25, 0.3) is 0 Å². The van der Waals surface area contributed by atoms with Gasteiger partial charge < -0.3 is 39.2 Å². The Morgan fingerprint density at radius 2 is 1.05 bits per heavy atom. The maximum Gasteiger partial charge on any atom is 0.404 e. The molecule has 0 rings (SSSR count). The van der Waals surface area contributed by atoms with E-state index in [2.05, 4.69) is 5.32 Å². The van der Waals surface area contributed by atoms with Gasteiger partial charge in [0, 0.05) is 6.54 Å². The molecule has 0 spiro atoms. The normalized spacial score (nSPS) is 10.8. The van der Waals surface area contributed by atoms with Crippen LogP contribution in [-0.4, -0.2) is 95.5 Å². The summed E-state index contributed by atoms with van der Waals surface area (Å²) < 4.78 is 26.0. The molecule has 0 saturated heterocycles. The van der Waals surface area contributed by atoms with E-state index in [0.29, 0.717) is 66.1 Å². The summed E-state index contributed by atoms with van der Waals surface area (Å²) in [7, 11) is 0. The molecule has 0 atom stereocenters. The fourth-order valence-electron chi connectivity index (χ4n) is 1.28. The maximum atomic E-state index is 10.1. The van der Waals surface area contributed by atoms with Gasteiger partial charge in [-0.15, -0.1) is 0 Å². The van der Waals surface area contributed by atoms with Gasteiger partial charge in [-0.25, -0.2) is 4.79 Å². The second kappa shape index (κ2) is 18.1. The molecule has 0 aliphatic rings. The molecule has 132 valence electrons. The number of rotatable bonds is 17. The Morgan fingerprint density at radius 3 is 1.41 bits per heavy atom. The lowest BCUT2D eigenvalue weighted by Crippen LogP contribution is -2.25. The minimum atomic E-state index is -1.06. The first-order valence-corrected chi connectivity index (χ1v) is 7.23. The molecular weight excluding hydrogens is 298 g/mol. The number of hydrogen-bond donors (Lipinski definition) is 3. The van der Waals surface area contributed by atoms with Crippen LogP contribution >= 0.6 is 0 Å². The Kier molecular flexibility index (Phi) is 17.3. The van der Waals surface area contributed by atoms with E-state index >= 15 is 0 Å².